The van der Waals surface area contributed by atoms with Gasteiger partial charge in [0.25, 0.3) is 0 Å². The van der Waals surface area contributed by atoms with Gasteiger partial charge in [-0.1, -0.05) is 12.2 Å². The summed E-state index contributed by atoms with van der Waals surface area (Å²) in [4.78, 5) is 14.0. The van der Waals surface area contributed by atoms with E-state index in [4.69, 9.17) is 32.3 Å². The Morgan fingerprint density at radius 2 is 1.95 bits per heavy atom. The summed E-state index contributed by atoms with van der Waals surface area (Å²) in [5, 5.41) is 36.5. The lowest BCUT2D eigenvalue weighted by Crippen LogP contribution is -2.40. The highest BCUT2D eigenvalue weighted by Crippen LogP contribution is 2.14. The van der Waals surface area contributed by atoms with Crippen molar-refractivity contribution in [3.63, 3.8) is 0 Å². The van der Waals surface area contributed by atoms with Crippen molar-refractivity contribution in [1.29, 1.82) is 0 Å². The summed E-state index contributed by atoms with van der Waals surface area (Å²) in [6, 6.07) is 1.41. The maximum Gasteiger partial charge on any atom is 0.328 e. The summed E-state index contributed by atoms with van der Waals surface area (Å²) in [6.45, 7) is -1.65. The summed E-state index contributed by atoms with van der Waals surface area (Å²) in [6.07, 6.45) is -2.35. The van der Waals surface area contributed by atoms with Gasteiger partial charge in [-0.15, -0.1) is 0 Å². The largest absolute Gasteiger partial charge is 0.394 e. The van der Waals surface area contributed by atoms with Crippen molar-refractivity contribution in [2.75, 3.05) is 19.8 Å². The van der Waals surface area contributed by atoms with Crippen molar-refractivity contribution in [3.8, 4) is 0 Å². The van der Waals surface area contributed by atoms with E-state index in [0.717, 1.165) is 4.57 Å². The second kappa shape index (κ2) is 7.48. The van der Waals surface area contributed by atoms with Crippen LogP contribution in [0.5, 0.6) is 0 Å². The van der Waals surface area contributed by atoms with Crippen LogP contribution < -0.4 is 5.69 Å². The number of aromatic amines is 1. The Bertz CT molecular complexity index is 497. The van der Waals surface area contributed by atoms with Crippen LogP contribution in [0.3, 0.4) is 0 Å². The predicted molar refractivity (Wildman–Crippen MR) is 67.1 cm³/mol. The highest BCUT2D eigenvalue weighted by atomic mass is 32.1. The molecule has 1 heterocycles. The number of rotatable bonds is 7. The Kier molecular flexibility index (Phi) is 6.28. The van der Waals surface area contributed by atoms with Gasteiger partial charge in [0, 0.05) is 6.20 Å². The molecule has 2 atom stereocenters. The number of aromatic nitrogens is 2. The number of nitrogens with zero attached hydrogens (tertiary/aromatic N) is 1. The van der Waals surface area contributed by atoms with E-state index in [-0.39, 0.29) is 4.64 Å². The molecular weight excluding hydrogens is 276 g/mol. The molecule has 0 saturated carbocycles. The topological polar surface area (TPSA) is 128 Å². The van der Waals surface area contributed by atoms with Crippen LogP contribution in [0.15, 0.2) is 17.1 Å². The first-order valence-corrected chi connectivity index (χ1v) is 5.91. The highest BCUT2D eigenvalue weighted by molar-refractivity contribution is 7.71. The number of aliphatic hydroxyl groups excluding tert-OH is 4. The lowest BCUT2D eigenvalue weighted by atomic mass is 10.3. The average Bonchev–Trinajstić information content (AvgIpc) is 2.40. The number of H-pyrrole nitrogens is 1. The zero-order valence-electron chi connectivity index (χ0n) is 9.97. The molecule has 0 aliphatic carbocycles. The third-order valence-corrected chi connectivity index (χ3v) is 2.62. The van der Waals surface area contributed by atoms with E-state index in [2.05, 4.69) is 4.98 Å². The van der Waals surface area contributed by atoms with Gasteiger partial charge in [-0.25, -0.2) is 4.79 Å². The zero-order chi connectivity index (χ0) is 14.4. The molecule has 0 amide bonds. The van der Waals surface area contributed by atoms with E-state index in [1.165, 1.54) is 12.3 Å². The molecule has 8 nitrogen and oxygen atoms in total. The molecule has 0 aromatic carbocycles. The van der Waals surface area contributed by atoms with Gasteiger partial charge in [-0.3, -0.25) is 9.55 Å². The lowest BCUT2D eigenvalue weighted by molar-refractivity contribution is -0.151. The van der Waals surface area contributed by atoms with Crippen LogP contribution >= 0.6 is 12.2 Å². The number of hydrogen-bond acceptors (Lipinski definition) is 7. The molecule has 0 aliphatic rings. The molecule has 9 heteroatoms. The SMILES string of the molecule is O=c1[nH]c(=S)ccn1[C@H](OC(CO)CO)[C@H](O)CO. The summed E-state index contributed by atoms with van der Waals surface area (Å²) < 4.78 is 6.40. The smallest absolute Gasteiger partial charge is 0.328 e. The fourth-order valence-corrected chi connectivity index (χ4v) is 1.55. The van der Waals surface area contributed by atoms with Gasteiger partial charge in [0.1, 0.15) is 16.8 Å². The third kappa shape index (κ3) is 4.20. The number of hydrogen-bond donors (Lipinski definition) is 5. The molecule has 0 saturated heterocycles. The number of ether oxygens (including phenoxy) is 1. The molecule has 108 valence electrons. The van der Waals surface area contributed by atoms with Gasteiger partial charge in [-0.2, -0.15) is 0 Å². The summed E-state index contributed by atoms with van der Waals surface area (Å²) in [5.41, 5.74) is -0.639. The molecule has 0 spiro atoms. The van der Waals surface area contributed by atoms with E-state index < -0.39 is 43.9 Å². The minimum absolute atomic E-state index is 0.208. The average molecular weight is 292 g/mol. The monoisotopic (exact) mass is 292 g/mol. The molecule has 19 heavy (non-hydrogen) atoms. The van der Waals surface area contributed by atoms with Gasteiger partial charge >= 0.3 is 5.69 Å². The van der Waals surface area contributed by atoms with Gasteiger partial charge in [0.2, 0.25) is 0 Å². The Morgan fingerprint density at radius 3 is 2.42 bits per heavy atom. The van der Waals surface area contributed by atoms with E-state index in [1.807, 2.05) is 0 Å². The van der Waals surface area contributed by atoms with Crippen molar-refractivity contribution < 1.29 is 25.2 Å². The predicted octanol–water partition coefficient (Wildman–Crippen LogP) is -1.87. The molecule has 0 unspecified atom stereocenters. The van der Waals surface area contributed by atoms with Crippen LogP contribution in [-0.2, 0) is 4.74 Å². The first-order valence-electron chi connectivity index (χ1n) is 5.51. The molecule has 1 rings (SSSR count). The molecule has 0 radical (unpaired) electrons. The number of nitrogens with one attached hydrogen (secondary N) is 1. The van der Waals surface area contributed by atoms with Gasteiger partial charge in [0.15, 0.2) is 6.23 Å². The Morgan fingerprint density at radius 1 is 1.32 bits per heavy atom. The Labute approximate surface area is 113 Å². The van der Waals surface area contributed by atoms with Crippen LogP contribution in [0.2, 0.25) is 0 Å². The fourth-order valence-electron chi connectivity index (χ4n) is 1.40. The second-order valence-corrected chi connectivity index (χ2v) is 4.22. The van der Waals surface area contributed by atoms with Crippen molar-refractivity contribution >= 4 is 12.2 Å². The minimum Gasteiger partial charge on any atom is -0.394 e. The quantitative estimate of drug-likeness (QED) is 0.372. The molecule has 1 aromatic heterocycles. The van der Waals surface area contributed by atoms with E-state index in [1.54, 1.807) is 0 Å². The van der Waals surface area contributed by atoms with Crippen LogP contribution in [0.1, 0.15) is 6.23 Å². The van der Waals surface area contributed by atoms with Crippen molar-refractivity contribution in [2.24, 2.45) is 0 Å². The van der Waals surface area contributed by atoms with Gasteiger partial charge in [-0.05, 0) is 6.07 Å². The summed E-state index contributed by atoms with van der Waals surface area (Å²) >= 11 is 4.77. The van der Waals surface area contributed by atoms with Crippen molar-refractivity contribution in [2.45, 2.75) is 18.4 Å². The highest BCUT2D eigenvalue weighted by Gasteiger charge is 2.25. The zero-order valence-corrected chi connectivity index (χ0v) is 10.8. The number of aliphatic hydroxyl groups is 4. The molecule has 0 bridgehead atoms. The Hall–Kier alpha value is -1.10. The van der Waals surface area contributed by atoms with Crippen LogP contribution in [-0.4, -0.2) is 62.0 Å². The minimum atomic E-state index is -1.40. The fraction of sp³-hybridized carbons (Fsp3) is 0.600. The van der Waals surface area contributed by atoms with Crippen molar-refractivity contribution in [3.05, 3.63) is 27.4 Å². The molecule has 0 fully saturated rings. The first-order chi connectivity index (χ1) is 9.03. The van der Waals surface area contributed by atoms with E-state index in [0.29, 0.717) is 0 Å². The van der Waals surface area contributed by atoms with Gasteiger partial charge < -0.3 is 25.2 Å². The maximum atomic E-state index is 11.7. The first kappa shape index (κ1) is 16.0. The standard InChI is InChI=1S/C10H16N2O6S/c13-3-6(4-14)18-9(7(16)5-15)12-2-1-8(19)11-10(12)17/h1-2,6-7,9,13-16H,3-5H2,(H,11,17,19)/t7-,9-/m1/s1. The third-order valence-electron chi connectivity index (χ3n) is 2.38. The Balaban J connectivity index is 3.09. The normalized spacial score (nSPS) is 14.6. The molecule has 0 aliphatic heterocycles. The van der Waals surface area contributed by atoms with Crippen LogP contribution in [0.4, 0.5) is 0 Å². The molecule has 5 N–H and O–H groups in total. The second-order valence-electron chi connectivity index (χ2n) is 3.78. The van der Waals surface area contributed by atoms with Crippen LogP contribution in [0.25, 0.3) is 0 Å². The van der Waals surface area contributed by atoms with Crippen molar-refractivity contribution in [1.82, 2.24) is 9.55 Å². The van der Waals surface area contributed by atoms with E-state index in [9.17, 15) is 9.90 Å². The van der Waals surface area contributed by atoms with E-state index >= 15 is 0 Å². The van der Waals surface area contributed by atoms with Crippen LogP contribution in [0, 0.1) is 4.64 Å². The molecular formula is C10H16N2O6S. The summed E-state index contributed by atoms with van der Waals surface area (Å²) in [7, 11) is 0. The summed E-state index contributed by atoms with van der Waals surface area (Å²) in [5.74, 6) is 0. The van der Waals surface area contributed by atoms with Gasteiger partial charge in [0.05, 0.1) is 19.8 Å². The molecule has 1 aromatic rings. The maximum absolute atomic E-state index is 11.7. The lowest BCUT2D eigenvalue weighted by Gasteiger charge is -2.27.